The lowest BCUT2D eigenvalue weighted by Crippen LogP contribution is -2.50. The summed E-state index contributed by atoms with van der Waals surface area (Å²) >= 11 is 6.09. The highest BCUT2D eigenvalue weighted by molar-refractivity contribution is 6.32. The highest BCUT2D eigenvalue weighted by Gasteiger charge is 2.27. The fraction of sp³-hybridized carbons (Fsp3) is 0.391. The van der Waals surface area contributed by atoms with E-state index in [0.29, 0.717) is 29.5 Å². The summed E-state index contributed by atoms with van der Waals surface area (Å²) in [5.74, 6) is -0.659. The summed E-state index contributed by atoms with van der Waals surface area (Å²) in [4.78, 5) is 27.1. The number of halogens is 2. The van der Waals surface area contributed by atoms with Crippen LogP contribution < -0.4 is 10.1 Å². The predicted molar refractivity (Wildman–Crippen MR) is 115 cm³/mol. The quantitative estimate of drug-likeness (QED) is 0.636. The van der Waals surface area contributed by atoms with Gasteiger partial charge in [-0.1, -0.05) is 35.9 Å². The fourth-order valence-corrected chi connectivity index (χ4v) is 3.51. The molecule has 1 saturated heterocycles. The molecule has 6 nitrogen and oxygen atoms in total. The number of ether oxygens (including phenoxy) is 2. The van der Waals surface area contributed by atoms with Crippen molar-refractivity contribution in [1.29, 1.82) is 0 Å². The molecule has 2 atom stereocenters. The monoisotopic (exact) mass is 448 g/mol. The molecule has 1 aliphatic heterocycles. The first-order valence-electron chi connectivity index (χ1n) is 10.2. The molecule has 31 heavy (non-hydrogen) atoms. The topological polar surface area (TPSA) is 67.9 Å². The first-order valence-corrected chi connectivity index (χ1v) is 10.6. The van der Waals surface area contributed by atoms with Crippen LogP contribution in [0.2, 0.25) is 5.02 Å². The van der Waals surface area contributed by atoms with Crippen molar-refractivity contribution in [3.8, 4) is 5.75 Å². The predicted octanol–water partition coefficient (Wildman–Crippen LogP) is 3.57. The lowest BCUT2D eigenvalue weighted by molar-refractivity contribution is -0.142. The van der Waals surface area contributed by atoms with Crippen molar-refractivity contribution >= 4 is 23.4 Å². The molecule has 2 aromatic rings. The average molecular weight is 449 g/mol. The lowest BCUT2D eigenvalue weighted by Gasteiger charge is -2.29. The summed E-state index contributed by atoms with van der Waals surface area (Å²) in [6.45, 7) is 2.61. The van der Waals surface area contributed by atoms with E-state index in [1.165, 1.54) is 17.0 Å². The van der Waals surface area contributed by atoms with Gasteiger partial charge in [-0.15, -0.1) is 0 Å². The van der Waals surface area contributed by atoms with Gasteiger partial charge in [0.05, 0.1) is 11.1 Å². The van der Waals surface area contributed by atoms with Crippen molar-refractivity contribution in [2.24, 2.45) is 0 Å². The third kappa shape index (κ3) is 6.67. The van der Waals surface area contributed by atoms with Gasteiger partial charge in [-0.2, -0.15) is 0 Å². The zero-order valence-corrected chi connectivity index (χ0v) is 18.1. The zero-order valence-electron chi connectivity index (χ0n) is 17.4. The van der Waals surface area contributed by atoms with E-state index in [4.69, 9.17) is 21.1 Å². The first-order chi connectivity index (χ1) is 14.9. The van der Waals surface area contributed by atoms with E-state index in [-0.39, 0.29) is 36.9 Å². The van der Waals surface area contributed by atoms with E-state index < -0.39 is 6.04 Å². The van der Waals surface area contributed by atoms with Crippen LogP contribution in [-0.2, 0) is 20.9 Å². The smallest absolute Gasteiger partial charge is 0.261 e. The molecule has 2 amide bonds. The van der Waals surface area contributed by atoms with Crippen molar-refractivity contribution in [2.75, 3.05) is 19.8 Å². The molecule has 2 aromatic carbocycles. The molecular weight excluding hydrogens is 423 g/mol. The van der Waals surface area contributed by atoms with Gasteiger partial charge in [0.15, 0.2) is 6.61 Å². The third-order valence-corrected chi connectivity index (χ3v) is 5.46. The molecule has 1 heterocycles. The molecule has 0 aromatic heterocycles. The normalized spacial score (nSPS) is 16.5. The summed E-state index contributed by atoms with van der Waals surface area (Å²) in [5, 5.41) is 3.25. The summed E-state index contributed by atoms with van der Waals surface area (Å²) in [5.41, 5.74) is 0.700. The van der Waals surface area contributed by atoms with Crippen molar-refractivity contribution in [3.05, 3.63) is 64.9 Å². The molecule has 1 aliphatic rings. The van der Waals surface area contributed by atoms with Crippen molar-refractivity contribution in [3.63, 3.8) is 0 Å². The number of nitrogens with zero attached hydrogens (tertiary/aromatic N) is 1. The van der Waals surface area contributed by atoms with E-state index in [1.54, 1.807) is 43.3 Å². The highest BCUT2D eigenvalue weighted by atomic mass is 35.5. The van der Waals surface area contributed by atoms with Crippen LogP contribution in [0.5, 0.6) is 5.75 Å². The van der Waals surface area contributed by atoms with Crippen LogP contribution in [-0.4, -0.2) is 48.6 Å². The second-order valence-corrected chi connectivity index (χ2v) is 7.83. The fourth-order valence-electron chi connectivity index (χ4n) is 3.32. The molecule has 2 unspecified atom stereocenters. The Kier molecular flexibility index (Phi) is 8.26. The molecule has 0 saturated carbocycles. The van der Waals surface area contributed by atoms with Crippen molar-refractivity contribution in [1.82, 2.24) is 10.2 Å². The molecule has 166 valence electrons. The minimum atomic E-state index is -0.756. The first kappa shape index (κ1) is 23.0. The summed E-state index contributed by atoms with van der Waals surface area (Å²) in [7, 11) is 0. The Balaban J connectivity index is 1.67. The van der Waals surface area contributed by atoms with Gasteiger partial charge >= 0.3 is 0 Å². The van der Waals surface area contributed by atoms with Gasteiger partial charge in [-0.25, -0.2) is 4.39 Å². The van der Waals surface area contributed by atoms with Crippen LogP contribution in [0.25, 0.3) is 0 Å². The Labute approximate surface area is 186 Å². The van der Waals surface area contributed by atoms with E-state index >= 15 is 0 Å². The van der Waals surface area contributed by atoms with E-state index in [0.717, 1.165) is 12.8 Å². The molecule has 8 heteroatoms. The molecule has 3 rings (SSSR count). The number of carbonyl (C=O) groups is 2. The van der Waals surface area contributed by atoms with E-state index in [2.05, 4.69) is 5.32 Å². The minimum absolute atomic E-state index is 0.000885. The van der Waals surface area contributed by atoms with Crippen LogP contribution in [0.15, 0.2) is 48.5 Å². The molecule has 1 N–H and O–H groups in total. The minimum Gasteiger partial charge on any atom is -0.482 e. The maximum Gasteiger partial charge on any atom is 0.261 e. The Hall–Kier alpha value is -2.64. The van der Waals surface area contributed by atoms with Gasteiger partial charge in [-0.3, -0.25) is 9.59 Å². The van der Waals surface area contributed by atoms with Crippen LogP contribution in [0, 0.1) is 5.82 Å². The van der Waals surface area contributed by atoms with E-state index in [9.17, 15) is 14.0 Å². The number of rotatable bonds is 9. The van der Waals surface area contributed by atoms with Crippen molar-refractivity contribution < 1.29 is 23.5 Å². The van der Waals surface area contributed by atoms with Crippen LogP contribution in [0.3, 0.4) is 0 Å². The van der Waals surface area contributed by atoms with Crippen LogP contribution >= 0.6 is 11.6 Å². The number of nitrogens with one attached hydrogen (secondary N) is 1. The second kappa shape index (κ2) is 11.1. The number of benzene rings is 2. The SMILES string of the molecule is CC(C(=O)NCC1CCCO1)N(Cc1ccc(F)cc1)C(=O)COc1ccccc1Cl. The van der Waals surface area contributed by atoms with Gasteiger partial charge in [0.25, 0.3) is 5.91 Å². The van der Waals surface area contributed by atoms with Crippen molar-refractivity contribution in [2.45, 2.75) is 38.5 Å². The maximum absolute atomic E-state index is 13.3. The molecular formula is C23H26ClFN2O4. The molecule has 1 fully saturated rings. The van der Waals surface area contributed by atoms with Crippen LogP contribution in [0.1, 0.15) is 25.3 Å². The number of carbonyl (C=O) groups excluding carboxylic acids is 2. The number of hydrogen-bond donors (Lipinski definition) is 1. The number of para-hydroxylation sites is 1. The van der Waals surface area contributed by atoms with E-state index in [1.807, 2.05) is 0 Å². The molecule has 0 spiro atoms. The standard InChI is InChI=1S/C23H26ClFN2O4/c1-16(23(29)26-13-19-5-4-12-30-19)27(14-17-8-10-18(25)11-9-17)22(28)15-31-21-7-3-2-6-20(21)24/h2-3,6-11,16,19H,4-5,12-15H2,1H3,(H,26,29). The molecule has 0 bridgehead atoms. The Morgan fingerprint density at radius 3 is 2.68 bits per heavy atom. The lowest BCUT2D eigenvalue weighted by atomic mass is 10.1. The largest absolute Gasteiger partial charge is 0.482 e. The summed E-state index contributed by atoms with van der Waals surface area (Å²) in [6, 6.07) is 11.9. The summed E-state index contributed by atoms with van der Waals surface area (Å²) < 4.78 is 24.4. The van der Waals surface area contributed by atoms with Gasteiger partial charge in [0, 0.05) is 19.7 Å². The zero-order chi connectivity index (χ0) is 22.2. The number of hydrogen-bond acceptors (Lipinski definition) is 4. The van der Waals surface area contributed by atoms with Gasteiger partial charge in [-0.05, 0) is 49.6 Å². The Morgan fingerprint density at radius 1 is 1.26 bits per heavy atom. The van der Waals surface area contributed by atoms with Gasteiger partial charge in [0.1, 0.15) is 17.6 Å². The van der Waals surface area contributed by atoms with Crippen LogP contribution in [0.4, 0.5) is 4.39 Å². The van der Waals surface area contributed by atoms with Gasteiger partial charge in [0.2, 0.25) is 5.91 Å². The Morgan fingerprint density at radius 2 is 2.00 bits per heavy atom. The maximum atomic E-state index is 13.3. The highest BCUT2D eigenvalue weighted by Crippen LogP contribution is 2.23. The summed E-state index contributed by atoms with van der Waals surface area (Å²) in [6.07, 6.45) is 1.88. The molecule has 0 radical (unpaired) electrons. The average Bonchev–Trinajstić information content (AvgIpc) is 3.29. The second-order valence-electron chi connectivity index (χ2n) is 7.42. The number of amides is 2. The Bertz CT molecular complexity index is 887. The third-order valence-electron chi connectivity index (χ3n) is 5.15. The van der Waals surface area contributed by atoms with Gasteiger partial charge < -0.3 is 19.7 Å². The molecule has 0 aliphatic carbocycles.